The quantitative estimate of drug-likeness (QED) is 0.471. The van der Waals surface area contributed by atoms with Crippen LogP contribution in [0.15, 0.2) is 0 Å². The topological polar surface area (TPSA) is 30.5 Å². The van der Waals surface area contributed by atoms with Crippen molar-refractivity contribution in [3.05, 3.63) is 0 Å². The van der Waals surface area contributed by atoms with Crippen LogP contribution in [0, 0.1) is 0 Å². The Morgan fingerprint density at radius 3 is 1.92 bits per heavy atom. The molecule has 0 radical (unpaired) electrons. The maximum Gasteiger partial charge on any atom is 0.171 e. The van der Waals surface area contributed by atoms with E-state index in [0.29, 0.717) is 13.2 Å². The minimum atomic E-state index is -0.0934. The second-order valence-electron chi connectivity index (χ2n) is 3.26. The molecule has 80 valence electrons. The summed E-state index contributed by atoms with van der Waals surface area (Å²) >= 11 is 0. The average molecular weight is 205 g/mol. The lowest BCUT2D eigenvalue weighted by molar-refractivity contribution is -0.163. The normalized spacial score (nSPS) is 16.4. The number of hydrogen-bond acceptors (Lipinski definition) is 3. The summed E-state index contributed by atoms with van der Waals surface area (Å²) in [7, 11) is 2.99. The van der Waals surface area contributed by atoms with Crippen molar-refractivity contribution in [1.82, 2.24) is 5.32 Å². The number of rotatable bonds is 7. The second kappa shape index (κ2) is 6.54. The van der Waals surface area contributed by atoms with Gasteiger partial charge < -0.3 is 14.8 Å². The lowest BCUT2D eigenvalue weighted by Gasteiger charge is -2.36. The van der Waals surface area contributed by atoms with E-state index >= 15 is 0 Å². The minimum Gasteiger partial charge on any atom is -0.351 e. The van der Waals surface area contributed by atoms with Crippen LogP contribution in [0.25, 0.3) is 0 Å². The molecule has 0 saturated heterocycles. The molecule has 0 aromatic carbocycles. The molecule has 0 aliphatic heterocycles. The predicted octanol–water partition coefficient (Wildman–Crippen LogP) is 0.0766. The van der Waals surface area contributed by atoms with Gasteiger partial charge in [0.2, 0.25) is 0 Å². The smallest absolute Gasteiger partial charge is 0.171 e. The summed E-state index contributed by atoms with van der Waals surface area (Å²) in [5.41, 5.74) is 0. The molecule has 1 atom stereocenters. The zero-order chi connectivity index (χ0) is 10.3. The molecule has 1 unspecified atom stereocenters. The zero-order valence-electron chi connectivity index (χ0n) is 9.52. The third-order valence-electron chi connectivity index (χ3n) is 2.46. The highest BCUT2D eigenvalue weighted by atomic mass is 28.1. The molecule has 3 nitrogen and oxygen atoms in total. The lowest BCUT2D eigenvalue weighted by Crippen LogP contribution is -2.55. The van der Waals surface area contributed by atoms with Crippen LogP contribution in [-0.4, -0.2) is 42.0 Å². The van der Waals surface area contributed by atoms with Gasteiger partial charge in [-0.3, -0.25) is 0 Å². The summed E-state index contributed by atoms with van der Waals surface area (Å²) in [6.45, 7) is 7.57. The summed E-state index contributed by atoms with van der Waals surface area (Å²) < 4.78 is 11.2. The van der Waals surface area contributed by atoms with Crippen LogP contribution in [-0.2, 0) is 9.47 Å². The highest BCUT2D eigenvalue weighted by molar-refractivity contribution is 6.15. The third kappa shape index (κ3) is 3.77. The third-order valence-corrected chi connectivity index (χ3v) is 4.14. The molecule has 0 fully saturated rings. The number of nitrogens with one attached hydrogen (secondary N) is 1. The van der Waals surface area contributed by atoms with Gasteiger partial charge in [-0.1, -0.05) is 6.92 Å². The van der Waals surface area contributed by atoms with Crippen molar-refractivity contribution in [3.63, 3.8) is 0 Å². The molecule has 0 aromatic heterocycles. The van der Waals surface area contributed by atoms with Gasteiger partial charge in [-0.2, -0.15) is 0 Å². The van der Waals surface area contributed by atoms with E-state index < -0.39 is 0 Å². The average Bonchev–Trinajstić information content (AvgIpc) is 2.16. The molecule has 0 heterocycles. The van der Waals surface area contributed by atoms with Crippen molar-refractivity contribution in [3.8, 4) is 0 Å². The van der Waals surface area contributed by atoms with Gasteiger partial charge in [0.05, 0.1) is 5.16 Å². The van der Waals surface area contributed by atoms with E-state index in [2.05, 4.69) is 12.2 Å². The van der Waals surface area contributed by atoms with Gasteiger partial charge >= 0.3 is 0 Å². The number of likely N-dealkylation sites (N-methyl/N-ethyl adjacent to an activating group) is 1. The largest absolute Gasteiger partial charge is 0.351 e. The Morgan fingerprint density at radius 1 is 1.23 bits per heavy atom. The van der Waals surface area contributed by atoms with E-state index in [1.165, 1.54) is 0 Å². The summed E-state index contributed by atoms with van der Waals surface area (Å²) in [6, 6.07) is 0. The van der Waals surface area contributed by atoms with E-state index in [0.717, 1.165) is 16.7 Å². The Kier molecular flexibility index (Phi) is 6.58. The van der Waals surface area contributed by atoms with Crippen LogP contribution in [0.4, 0.5) is 0 Å². The SMILES string of the molecule is CCOC(OCC)C([SiH3])(CC)NC. The van der Waals surface area contributed by atoms with Gasteiger partial charge in [-0.05, 0) is 27.3 Å². The lowest BCUT2D eigenvalue weighted by atomic mass is 10.2. The highest BCUT2D eigenvalue weighted by Gasteiger charge is 2.31. The molecule has 13 heavy (non-hydrogen) atoms. The van der Waals surface area contributed by atoms with E-state index in [-0.39, 0.29) is 11.5 Å². The zero-order valence-corrected chi connectivity index (χ0v) is 11.5. The Hall–Kier alpha value is 0.0969. The van der Waals surface area contributed by atoms with Crippen LogP contribution >= 0.6 is 0 Å². The first kappa shape index (κ1) is 13.1. The molecular weight excluding hydrogens is 182 g/mol. The fourth-order valence-corrected chi connectivity index (χ4v) is 1.51. The molecule has 0 saturated carbocycles. The maximum absolute atomic E-state index is 5.58. The summed E-state index contributed by atoms with van der Waals surface area (Å²) in [5.74, 6) is 0. The van der Waals surface area contributed by atoms with Gasteiger partial charge in [0.15, 0.2) is 6.29 Å². The van der Waals surface area contributed by atoms with Crippen LogP contribution in [0.2, 0.25) is 0 Å². The summed E-state index contributed by atoms with van der Waals surface area (Å²) in [5, 5.41) is 3.36. The van der Waals surface area contributed by atoms with E-state index in [1.807, 2.05) is 20.9 Å². The van der Waals surface area contributed by atoms with E-state index in [9.17, 15) is 0 Å². The Balaban J connectivity index is 4.28. The van der Waals surface area contributed by atoms with Crippen LogP contribution in [0.1, 0.15) is 27.2 Å². The maximum atomic E-state index is 5.58. The second-order valence-corrected chi connectivity index (χ2v) is 5.05. The predicted molar refractivity (Wildman–Crippen MR) is 59.1 cm³/mol. The first-order valence-corrected chi connectivity index (χ1v) is 6.06. The highest BCUT2D eigenvalue weighted by Crippen LogP contribution is 2.15. The number of ether oxygens (including phenoxy) is 2. The van der Waals surface area contributed by atoms with Gasteiger partial charge in [0, 0.05) is 23.5 Å². The number of hydrogen-bond donors (Lipinski definition) is 1. The molecule has 0 bridgehead atoms. The molecule has 0 aliphatic carbocycles. The Labute approximate surface area is 84.6 Å². The molecular formula is C9H23NO2Si. The molecule has 0 amide bonds. The van der Waals surface area contributed by atoms with Crippen LogP contribution < -0.4 is 5.32 Å². The van der Waals surface area contributed by atoms with E-state index in [4.69, 9.17) is 9.47 Å². The fourth-order valence-electron chi connectivity index (χ4n) is 1.18. The van der Waals surface area contributed by atoms with Crippen molar-refractivity contribution in [1.29, 1.82) is 0 Å². The first-order valence-electron chi connectivity index (χ1n) is 5.06. The standard InChI is InChI=1S/C9H23NO2Si/c1-5-9(13,10-4)8(11-6-2)12-7-3/h8,10H,5-7H2,1-4,13H3. The van der Waals surface area contributed by atoms with Crippen LogP contribution in [0.5, 0.6) is 0 Å². The Morgan fingerprint density at radius 2 is 1.69 bits per heavy atom. The molecule has 0 aliphatic rings. The summed E-state index contributed by atoms with van der Waals surface area (Å²) in [4.78, 5) is 0. The van der Waals surface area contributed by atoms with Crippen molar-refractivity contribution in [2.75, 3.05) is 20.3 Å². The van der Waals surface area contributed by atoms with Gasteiger partial charge in [0.1, 0.15) is 0 Å². The first-order chi connectivity index (χ1) is 6.14. The monoisotopic (exact) mass is 205 g/mol. The molecule has 4 heteroatoms. The van der Waals surface area contributed by atoms with Gasteiger partial charge in [0.25, 0.3) is 0 Å². The summed E-state index contributed by atoms with van der Waals surface area (Å²) in [6.07, 6.45) is 0.949. The molecule has 0 spiro atoms. The van der Waals surface area contributed by atoms with Gasteiger partial charge in [-0.15, -0.1) is 0 Å². The van der Waals surface area contributed by atoms with Crippen molar-refractivity contribution in [2.24, 2.45) is 0 Å². The Bertz CT molecular complexity index is 123. The van der Waals surface area contributed by atoms with Crippen LogP contribution in [0.3, 0.4) is 0 Å². The van der Waals surface area contributed by atoms with Crippen molar-refractivity contribution in [2.45, 2.75) is 38.6 Å². The van der Waals surface area contributed by atoms with Crippen molar-refractivity contribution >= 4 is 10.2 Å². The van der Waals surface area contributed by atoms with Gasteiger partial charge in [-0.25, -0.2) is 0 Å². The molecule has 1 N–H and O–H groups in total. The van der Waals surface area contributed by atoms with Crippen molar-refractivity contribution < 1.29 is 9.47 Å². The fraction of sp³-hybridized carbons (Fsp3) is 1.00. The minimum absolute atomic E-state index is 0.0476. The van der Waals surface area contributed by atoms with E-state index in [1.54, 1.807) is 0 Å². The molecule has 0 aromatic rings. The molecule has 0 rings (SSSR count).